The number of rotatable bonds is 5. The molecule has 1 aliphatic rings. The van der Waals surface area contributed by atoms with Gasteiger partial charge in [-0.15, -0.1) is 24.0 Å². The second-order valence-corrected chi connectivity index (χ2v) is 5.97. The highest BCUT2D eigenvalue weighted by Crippen LogP contribution is 2.15. The van der Waals surface area contributed by atoms with Gasteiger partial charge in [0.15, 0.2) is 5.96 Å². The van der Waals surface area contributed by atoms with Gasteiger partial charge < -0.3 is 16.0 Å². The molecule has 0 aliphatic carbocycles. The van der Waals surface area contributed by atoms with E-state index in [9.17, 15) is 0 Å². The summed E-state index contributed by atoms with van der Waals surface area (Å²) in [4.78, 5) is 6.91. The minimum absolute atomic E-state index is 0. The topological polar surface area (TPSA) is 53.6 Å². The fourth-order valence-corrected chi connectivity index (χ4v) is 2.65. The number of piperidine rings is 1. The predicted molar refractivity (Wildman–Crippen MR) is 106 cm³/mol. The number of guanidine groups is 1. The summed E-state index contributed by atoms with van der Waals surface area (Å²) in [5.41, 5.74) is 8.27. The van der Waals surface area contributed by atoms with E-state index in [1.54, 1.807) is 0 Å². The Labute approximate surface area is 151 Å². The molecule has 0 unspecified atom stereocenters. The van der Waals surface area contributed by atoms with Crippen LogP contribution in [0.2, 0.25) is 0 Å². The van der Waals surface area contributed by atoms with Crippen LogP contribution in [-0.2, 0) is 6.42 Å². The number of anilines is 1. The summed E-state index contributed by atoms with van der Waals surface area (Å²) in [6, 6.07) is 8.31. The van der Waals surface area contributed by atoms with Gasteiger partial charge in [-0.3, -0.25) is 4.99 Å². The average Bonchev–Trinajstić information content (AvgIpc) is 2.49. The quantitative estimate of drug-likeness (QED) is 0.440. The Kier molecular flexibility index (Phi) is 8.78. The lowest BCUT2D eigenvalue weighted by Gasteiger charge is -2.29. The van der Waals surface area contributed by atoms with Crippen molar-refractivity contribution >= 4 is 35.6 Å². The molecule has 0 saturated carbocycles. The number of likely N-dealkylation sites (tertiary alicyclic amines) is 1. The lowest BCUT2D eigenvalue weighted by molar-refractivity contribution is 0.197. The Hall–Kier alpha value is -0.820. The molecule has 1 heterocycles. The SMILES string of the molecule is CCc1cccc(NC(N)=NCCN2CCC(C)CC2)c1.I. The summed E-state index contributed by atoms with van der Waals surface area (Å²) >= 11 is 0. The molecular formula is C17H29IN4. The zero-order valence-corrected chi connectivity index (χ0v) is 16.0. The monoisotopic (exact) mass is 416 g/mol. The Morgan fingerprint density at radius 1 is 1.36 bits per heavy atom. The molecule has 1 aromatic rings. The number of aliphatic imine (C=N–C) groups is 1. The molecule has 0 spiro atoms. The van der Waals surface area contributed by atoms with E-state index in [4.69, 9.17) is 5.73 Å². The minimum atomic E-state index is 0. The molecule has 1 aliphatic heterocycles. The Morgan fingerprint density at radius 3 is 2.77 bits per heavy atom. The highest BCUT2D eigenvalue weighted by atomic mass is 127. The number of nitrogens with zero attached hydrogens (tertiary/aromatic N) is 2. The van der Waals surface area contributed by atoms with Crippen LogP contribution in [0.1, 0.15) is 32.3 Å². The van der Waals surface area contributed by atoms with Gasteiger partial charge in [0.1, 0.15) is 0 Å². The minimum Gasteiger partial charge on any atom is -0.370 e. The van der Waals surface area contributed by atoms with Crippen molar-refractivity contribution in [2.45, 2.75) is 33.1 Å². The van der Waals surface area contributed by atoms with Gasteiger partial charge in [-0.1, -0.05) is 26.0 Å². The Balaban J connectivity index is 0.00000242. The summed E-state index contributed by atoms with van der Waals surface area (Å²) in [5.74, 6) is 1.39. The van der Waals surface area contributed by atoms with Crippen LogP contribution in [0.4, 0.5) is 5.69 Å². The number of hydrogen-bond donors (Lipinski definition) is 2. The van der Waals surface area contributed by atoms with Crippen molar-refractivity contribution < 1.29 is 0 Å². The molecule has 124 valence electrons. The van der Waals surface area contributed by atoms with Gasteiger partial charge in [0.05, 0.1) is 6.54 Å². The lowest BCUT2D eigenvalue weighted by atomic mass is 9.99. The summed E-state index contributed by atoms with van der Waals surface area (Å²) in [6.45, 7) is 8.65. The third-order valence-corrected chi connectivity index (χ3v) is 4.18. The van der Waals surface area contributed by atoms with E-state index in [-0.39, 0.29) is 24.0 Å². The third-order valence-electron chi connectivity index (χ3n) is 4.18. The van der Waals surface area contributed by atoms with Gasteiger partial charge in [-0.25, -0.2) is 0 Å². The summed E-state index contributed by atoms with van der Waals surface area (Å²) < 4.78 is 0. The molecule has 3 N–H and O–H groups in total. The molecule has 22 heavy (non-hydrogen) atoms. The lowest BCUT2D eigenvalue weighted by Crippen LogP contribution is -2.35. The number of hydrogen-bond acceptors (Lipinski definition) is 2. The second-order valence-electron chi connectivity index (χ2n) is 5.97. The molecule has 4 nitrogen and oxygen atoms in total. The van der Waals surface area contributed by atoms with Gasteiger partial charge >= 0.3 is 0 Å². The molecule has 5 heteroatoms. The summed E-state index contributed by atoms with van der Waals surface area (Å²) in [6.07, 6.45) is 3.64. The van der Waals surface area contributed by atoms with Crippen molar-refractivity contribution in [2.24, 2.45) is 16.6 Å². The number of halogens is 1. The Morgan fingerprint density at radius 2 is 2.09 bits per heavy atom. The first-order valence-corrected chi connectivity index (χ1v) is 8.05. The number of nitrogens with two attached hydrogens (primary N) is 1. The first-order valence-electron chi connectivity index (χ1n) is 8.05. The maximum Gasteiger partial charge on any atom is 0.193 e. The molecule has 0 amide bonds. The normalized spacial score (nSPS) is 17.1. The van der Waals surface area contributed by atoms with E-state index < -0.39 is 0 Å². The van der Waals surface area contributed by atoms with Crippen LogP contribution >= 0.6 is 24.0 Å². The number of nitrogens with one attached hydrogen (secondary N) is 1. The van der Waals surface area contributed by atoms with Crippen molar-refractivity contribution in [1.29, 1.82) is 0 Å². The molecule has 0 bridgehead atoms. The fourth-order valence-electron chi connectivity index (χ4n) is 2.65. The van der Waals surface area contributed by atoms with E-state index >= 15 is 0 Å². The smallest absolute Gasteiger partial charge is 0.193 e. The highest BCUT2D eigenvalue weighted by Gasteiger charge is 2.14. The standard InChI is InChI=1S/C17H28N4.HI/c1-3-15-5-4-6-16(13-15)20-17(18)19-9-12-21-10-7-14(2)8-11-21;/h4-6,13-14H,3,7-12H2,1-2H3,(H3,18,19,20);1H. The van der Waals surface area contributed by atoms with Gasteiger partial charge in [0, 0.05) is 12.2 Å². The van der Waals surface area contributed by atoms with Crippen LogP contribution in [0.15, 0.2) is 29.3 Å². The Bertz CT molecular complexity index is 467. The largest absolute Gasteiger partial charge is 0.370 e. The number of aryl methyl sites for hydroxylation is 1. The third kappa shape index (κ3) is 6.52. The van der Waals surface area contributed by atoms with E-state index in [1.165, 1.54) is 31.5 Å². The zero-order valence-electron chi connectivity index (χ0n) is 13.7. The molecule has 1 aromatic carbocycles. The van der Waals surface area contributed by atoms with Gasteiger partial charge in [-0.2, -0.15) is 0 Å². The summed E-state index contributed by atoms with van der Waals surface area (Å²) in [7, 11) is 0. The van der Waals surface area contributed by atoms with E-state index in [0.717, 1.165) is 31.1 Å². The van der Waals surface area contributed by atoms with Crippen LogP contribution in [0.3, 0.4) is 0 Å². The fraction of sp³-hybridized carbons (Fsp3) is 0.588. The van der Waals surface area contributed by atoms with Gasteiger partial charge in [0.2, 0.25) is 0 Å². The van der Waals surface area contributed by atoms with Crippen molar-refractivity contribution in [3.8, 4) is 0 Å². The zero-order chi connectivity index (χ0) is 15.1. The van der Waals surface area contributed by atoms with Crippen LogP contribution in [0.5, 0.6) is 0 Å². The second kappa shape index (κ2) is 10.0. The van der Waals surface area contributed by atoms with Crippen LogP contribution in [-0.4, -0.2) is 37.0 Å². The average molecular weight is 416 g/mol. The molecule has 2 rings (SSSR count). The molecule has 1 fully saturated rings. The first-order chi connectivity index (χ1) is 10.2. The molecular weight excluding hydrogens is 387 g/mol. The summed E-state index contributed by atoms with van der Waals surface area (Å²) in [5, 5.41) is 3.17. The van der Waals surface area contributed by atoms with Crippen molar-refractivity contribution in [3.63, 3.8) is 0 Å². The molecule has 1 saturated heterocycles. The molecule has 0 radical (unpaired) electrons. The van der Waals surface area contributed by atoms with Gasteiger partial charge in [-0.05, 0) is 56.0 Å². The van der Waals surface area contributed by atoms with Gasteiger partial charge in [0.25, 0.3) is 0 Å². The van der Waals surface area contributed by atoms with Crippen LogP contribution in [0.25, 0.3) is 0 Å². The van der Waals surface area contributed by atoms with E-state index in [2.05, 4.69) is 41.2 Å². The van der Waals surface area contributed by atoms with E-state index in [1.807, 2.05) is 12.1 Å². The van der Waals surface area contributed by atoms with Crippen molar-refractivity contribution in [1.82, 2.24) is 4.90 Å². The van der Waals surface area contributed by atoms with Crippen LogP contribution in [0, 0.1) is 5.92 Å². The van der Waals surface area contributed by atoms with Crippen LogP contribution < -0.4 is 11.1 Å². The molecule has 0 aromatic heterocycles. The van der Waals surface area contributed by atoms with Crippen molar-refractivity contribution in [3.05, 3.63) is 29.8 Å². The maximum absolute atomic E-state index is 5.96. The maximum atomic E-state index is 5.96. The van der Waals surface area contributed by atoms with E-state index in [0.29, 0.717) is 5.96 Å². The molecule has 0 atom stereocenters. The first kappa shape index (κ1) is 19.2. The number of benzene rings is 1. The predicted octanol–water partition coefficient (Wildman–Crippen LogP) is 3.33. The highest BCUT2D eigenvalue weighted by molar-refractivity contribution is 14.0. The van der Waals surface area contributed by atoms with Crippen molar-refractivity contribution in [2.75, 3.05) is 31.5 Å².